The monoisotopic (exact) mass is 379 g/mol. The third kappa shape index (κ3) is 6.99. The summed E-state index contributed by atoms with van der Waals surface area (Å²) in [6.45, 7) is 3.18. The van der Waals surface area contributed by atoms with Crippen molar-refractivity contribution in [2.75, 3.05) is 13.2 Å². The SMILES string of the molecule is CCCN(C(=O)[C@H](Cc1ccccc1)NC(=O)[C@H](C)N)[C@@H](CCO)C(=O)O. The molecule has 8 heteroatoms. The van der Waals surface area contributed by atoms with Gasteiger partial charge < -0.3 is 26.2 Å². The molecule has 0 aliphatic heterocycles. The molecule has 0 saturated heterocycles. The van der Waals surface area contributed by atoms with E-state index in [-0.39, 0.29) is 26.0 Å². The number of carbonyl (C=O) groups excluding carboxylic acids is 2. The first kappa shape index (κ1) is 22.6. The van der Waals surface area contributed by atoms with Crippen LogP contribution in [0.5, 0.6) is 0 Å². The number of aliphatic hydroxyl groups excluding tert-OH is 1. The average molecular weight is 379 g/mol. The van der Waals surface area contributed by atoms with Gasteiger partial charge in [0.15, 0.2) is 0 Å². The molecule has 1 rings (SSSR count). The summed E-state index contributed by atoms with van der Waals surface area (Å²) in [5, 5.41) is 21.3. The van der Waals surface area contributed by atoms with E-state index in [9.17, 15) is 24.6 Å². The van der Waals surface area contributed by atoms with E-state index in [1.165, 1.54) is 11.8 Å². The van der Waals surface area contributed by atoms with Crippen molar-refractivity contribution >= 4 is 17.8 Å². The Bertz CT molecular complexity index is 621. The van der Waals surface area contributed by atoms with Gasteiger partial charge in [0.25, 0.3) is 0 Å². The molecule has 0 bridgehead atoms. The van der Waals surface area contributed by atoms with Gasteiger partial charge in [-0.1, -0.05) is 37.3 Å². The predicted octanol–water partition coefficient (Wildman–Crippen LogP) is 0.135. The molecule has 1 aromatic carbocycles. The van der Waals surface area contributed by atoms with Crippen LogP contribution in [0.1, 0.15) is 32.3 Å². The van der Waals surface area contributed by atoms with E-state index in [0.29, 0.717) is 6.42 Å². The van der Waals surface area contributed by atoms with Gasteiger partial charge in [-0.25, -0.2) is 4.79 Å². The van der Waals surface area contributed by atoms with E-state index in [4.69, 9.17) is 5.73 Å². The minimum absolute atomic E-state index is 0.0830. The minimum atomic E-state index is -1.19. The number of nitrogens with one attached hydrogen (secondary N) is 1. The molecular weight excluding hydrogens is 350 g/mol. The summed E-state index contributed by atoms with van der Waals surface area (Å²) in [7, 11) is 0. The Labute approximate surface area is 159 Å². The third-order valence-corrected chi connectivity index (χ3v) is 4.12. The zero-order chi connectivity index (χ0) is 20.4. The molecule has 0 aliphatic rings. The summed E-state index contributed by atoms with van der Waals surface area (Å²) in [4.78, 5) is 38.1. The van der Waals surface area contributed by atoms with Crippen molar-refractivity contribution in [1.82, 2.24) is 10.2 Å². The highest BCUT2D eigenvalue weighted by molar-refractivity contribution is 5.91. The summed E-state index contributed by atoms with van der Waals surface area (Å²) in [5.41, 5.74) is 6.43. The Morgan fingerprint density at radius 3 is 2.33 bits per heavy atom. The minimum Gasteiger partial charge on any atom is -0.480 e. The number of carbonyl (C=O) groups is 3. The van der Waals surface area contributed by atoms with Crippen molar-refractivity contribution < 1.29 is 24.6 Å². The number of carboxylic acids is 1. The van der Waals surface area contributed by atoms with Crippen LogP contribution >= 0.6 is 0 Å². The molecule has 2 amide bonds. The van der Waals surface area contributed by atoms with Crippen molar-refractivity contribution in [2.24, 2.45) is 5.73 Å². The molecule has 150 valence electrons. The fourth-order valence-electron chi connectivity index (χ4n) is 2.75. The number of benzene rings is 1. The van der Waals surface area contributed by atoms with Gasteiger partial charge in [0.1, 0.15) is 12.1 Å². The molecule has 0 heterocycles. The lowest BCUT2D eigenvalue weighted by atomic mass is 10.0. The van der Waals surface area contributed by atoms with Crippen molar-refractivity contribution in [2.45, 2.75) is 51.2 Å². The zero-order valence-corrected chi connectivity index (χ0v) is 15.8. The van der Waals surface area contributed by atoms with Crippen LogP contribution in [0.2, 0.25) is 0 Å². The second-order valence-corrected chi connectivity index (χ2v) is 6.44. The quantitative estimate of drug-likeness (QED) is 0.432. The van der Waals surface area contributed by atoms with E-state index < -0.39 is 35.9 Å². The van der Waals surface area contributed by atoms with E-state index in [2.05, 4.69) is 5.32 Å². The van der Waals surface area contributed by atoms with Crippen LogP contribution in [0, 0.1) is 0 Å². The average Bonchev–Trinajstić information content (AvgIpc) is 2.64. The van der Waals surface area contributed by atoms with Gasteiger partial charge >= 0.3 is 5.97 Å². The Balaban J connectivity index is 3.15. The number of hydrogen-bond donors (Lipinski definition) is 4. The molecule has 0 saturated carbocycles. The number of nitrogens with two attached hydrogens (primary N) is 1. The summed E-state index contributed by atoms with van der Waals surface area (Å²) in [5.74, 6) is -2.19. The molecule has 27 heavy (non-hydrogen) atoms. The first-order chi connectivity index (χ1) is 12.8. The Morgan fingerprint density at radius 2 is 1.85 bits per heavy atom. The molecule has 1 aromatic rings. The third-order valence-electron chi connectivity index (χ3n) is 4.12. The van der Waals surface area contributed by atoms with Gasteiger partial charge in [-0.05, 0) is 18.9 Å². The summed E-state index contributed by atoms with van der Waals surface area (Å²) in [6, 6.07) is 6.22. The van der Waals surface area contributed by atoms with Crippen molar-refractivity contribution in [3.8, 4) is 0 Å². The van der Waals surface area contributed by atoms with Gasteiger partial charge in [0, 0.05) is 26.0 Å². The molecular formula is C19H29N3O5. The van der Waals surface area contributed by atoms with E-state index in [1.54, 1.807) is 0 Å². The fourth-order valence-corrected chi connectivity index (χ4v) is 2.75. The predicted molar refractivity (Wildman–Crippen MR) is 101 cm³/mol. The molecule has 0 fully saturated rings. The first-order valence-corrected chi connectivity index (χ1v) is 9.05. The zero-order valence-electron chi connectivity index (χ0n) is 15.8. The summed E-state index contributed by atoms with van der Waals surface area (Å²) < 4.78 is 0. The standard InChI is InChI=1S/C19H29N3O5/c1-3-10-22(16(9-11-23)19(26)27)18(25)15(21-17(24)13(2)20)12-14-7-5-4-6-8-14/h4-8,13,15-16,23H,3,9-12,20H2,1-2H3,(H,21,24)(H,26,27)/t13-,15-,16-/m0/s1. The van der Waals surface area contributed by atoms with Crippen LogP contribution < -0.4 is 11.1 Å². The van der Waals surface area contributed by atoms with Crippen LogP contribution in [0.15, 0.2) is 30.3 Å². The molecule has 0 spiro atoms. The highest BCUT2D eigenvalue weighted by Crippen LogP contribution is 2.12. The number of rotatable bonds is 11. The fraction of sp³-hybridized carbons (Fsp3) is 0.526. The molecule has 0 aromatic heterocycles. The normalized spacial score (nSPS) is 14.1. The number of nitrogens with zero attached hydrogens (tertiary/aromatic N) is 1. The lowest BCUT2D eigenvalue weighted by Gasteiger charge is -2.32. The number of aliphatic carboxylic acids is 1. The number of hydrogen-bond acceptors (Lipinski definition) is 5. The smallest absolute Gasteiger partial charge is 0.326 e. The lowest BCUT2D eigenvalue weighted by Crippen LogP contribution is -2.56. The molecule has 8 nitrogen and oxygen atoms in total. The van der Waals surface area contributed by atoms with Crippen molar-refractivity contribution in [3.05, 3.63) is 35.9 Å². The number of carboxylic acid groups (broad SMARTS) is 1. The van der Waals surface area contributed by atoms with Gasteiger partial charge in [0.2, 0.25) is 11.8 Å². The van der Waals surface area contributed by atoms with Crippen LogP contribution in [0.4, 0.5) is 0 Å². The van der Waals surface area contributed by atoms with Crippen LogP contribution in [-0.4, -0.2) is 64.2 Å². The van der Waals surface area contributed by atoms with Crippen molar-refractivity contribution in [3.63, 3.8) is 0 Å². The van der Waals surface area contributed by atoms with Crippen LogP contribution in [0.3, 0.4) is 0 Å². The van der Waals surface area contributed by atoms with Gasteiger partial charge in [-0.15, -0.1) is 0 Å². The molecule has 0 unspecified atom stereocenters. The van der Waals surface area contributed by atoms with E-state index >= 15 is 0 Å². The van der Waals surface area contributed by atoms with E-state index in [0.717, 1.165) is 5.56 Å². The highest BCUT2D eigenvalue weighted by atomic mass is 16.4. The van der Waals surface area contributed by atoms with Crippen LogP contribution in [0.25, 0.3) is 0 Å². The Morgan fingerprint density at radius 1 is 1.22 bits per heavy atom. The maximum absolute atomic E-state index is 13.1. The van der Waals surface area contributed by atoms with Gasteiger partial charge in [0.05, 0.1) is 6.04 Å². The van der Waals surface area contributed by atoms with Crippen molar-refractivity contribution in [1.29, 1.82) is 0 Å². The molecule has 5 N–H and O–H groups in total. The maximum atomic E-state index is 13.1. The van der Waals surface area contributed by atoms with Gasteiger partial charge in [-0.2, -0.15) is 0 Å². The molecule has 3 atom stereocenters. The summed E-state index contributed by atoms with van der Waals surface area (Å²) in [6.07, 6.45) is 0.671. The number of aliphatic hydroxyl groups is 1. The second kappa shape index (κ2) is 11.3. The number of amides is 2. The molecule has 0 aliphatic carbocycles. The maximum Gasteiger partial charge on any atom is 0.326 e. The largest absolute Gasteiger partial charge is 0.480 e. The van der Waals surface area contributed by atoms with Crippen LogP contribution in [-0.2, 0) is 20.8 Å². The second-order valence-electron chi connectivity index (χ2n) is 6.44. The first-order valence-electron chi connectivity index (χ1n) is 9.05. The van der Waals surface area contributed by atoms with Gasteiger partial charge in [-0.3, -0.25) is 9.59 Å². The highest BCUT2D eigenvalue weighted by Gasteiger charge is 2.34. The lowest BCUT2D eigenvalue weighted by molar-refractivity contribution is -0.152. The topological polar surface area (TPSA) is 133 Å². The Kier molecular flexibility index (Phi) is 9.46. The summed E-state index contributed by atoms with van der Waals surface area (Å²) >= 11 is 0. The Hall–Kier alpha value is -2.45. The molecule has 0 radical (unpaired) electrons. The van der Waals surface area contributed by atoms with E-state index in [1.807, 2.05) is 37.3 Å².